The van der Waals surface area contributed by atoms with E-state index in [-0.39, 0.29) is 17.7 Å². The van der Waals surface area contributed by atoms with Crippen LogP contribution in [0.4, 0.5) is 11.4 Å². The summed E-state index contributed by atoms with van der Waals surface area (Å²) in [5, 5.41) is 0. The number of benzene rings is 2. The van der Waals surface area contributed by atoms with Gasteiger partial charge in [-0.05, 0) is 30.7 Å². The normalized spacial score (nSPS) is 15.3. The highest BCUT2D eigenvalue weighted by atomic mass is 16.2. The Morgan fingerprint density at radius 3 is 1.67 bits per heavy atom. The number of carbonyl (C=O) groups is 2. The Labute approximate surface area is 238 Å². The van der Waals surface area contributed by atoms with Gasteiger partial charge in [0.2, 0.25) is 5.91 Å². The fourth-order valence-corrected chi connectivity index (χ4v) is 5.73. The monoisotopic (exact) mass is 532 g/mol. The van der Waals surface area contributed by atoms with Gasteiger partial charge in [0, 0.05) is 18.7 Å². The van der Waals surface area contributed by atoms with Crippen LogP contribution in [0.3, 0.4) is 0 Å². The van der Waals surface area contributed by atoms with Crippen LogP contribution >= 0.6 is 0 Å². The molecule has 4 heteroatoms. The largest absolute Gasteiger partial charge is 0.310 e. The minimum absolute atomic E-state index is 0.0491. The first kappa shape index (κ1) is 30.9. The molecule has 1 heterocycles. The zero-order chi connectivity index (χ0) is 27.7. The lowest BCUT2D eigenvalue weighted by Crippen LogP contribution is -2.38. The minimum Gasteiger partial charge on any atom is -0.310 e. The van der Waals surface area contributed by atoms with Crippen LogP contribution in [0.2, 0.25) is 0 Å². The second-order valence-corrected chi connectivity index (χ2v) is 11.5. The number of nitrogens with zero attached hydrogens (tertiary/aromatic N) is 2. The molecule has 39 heavy (non-hydrogen) atoms. The number of amides is 2. The summed E-state index contributed by atoms with van der Waals surface area (Å²) in [5.74, 6) is -0.176. The van der Waals surface area contributed by atoms with Gasteiger partial charge >= 0.3 is 0 Å². The van der Waals surface area contributed by atoms with Crippen molar-refractivity contribution in [2.75, 3.05) is 22.9 Å². The molecule has 0 aromatic heterocycles. The summed E-state index contributed by atoms with van der Waals surface area (Å²) in [6.07, 6.45) is 21.4. The molecule has 0 saturated carbocycles. The second kappa shape index (κ2) is 17.9. The van der Waals surface area contributed by atoms with Gasteiger partial charge in [-0.3, -0.25) is 9.59 Å². The number of para-hydroxylation sites is 2. The van der Waals surface area contributed by atoms with Crippen molar-refractivity contribution in [3.8, 4) is 0 Å². The SMILES string of the molecule is CCCCCCCCCCCCCCCCCCN1C(=O)C(C)CN(C(=O)c2ccccc2)c2ccccc21. The van der Waals surface area contributed by atoms with Crippen molar-refractivity contribution in [1.29, 1.82) is 0 Å². The topological polar surface area (TPSA) is 40.6 Å². The summed E-state index contributed by atoms with van der Waals surface area (Å²) in [5.41, 5.74) is 2.34. The third kappa shape index (κ3) is 10.1. The predicted molar refractivity (Wildman–Crippen MR) is 166 cm³/mol. The lowest BCUT2D eigenvalue weighted by atomic mass is 10.0. The molecule has 1 unspecified atom stereocenters. The summed E-state index contributed by atoms with van der Waals surface area (Å²) in [6.45, 7) is 5.34. The van der Waals surface area contributed by atoms with Crippen molar-refractivity contribution >= 4 is 23.2 Å². The molecule has 0 N–H and O–H groups in total. The molecule has 3 rings (SSSR count). The van der Waals surface area contributed by atoms with E-state index in [0.717, 1.165) is 24.2 Å². The fourth-order valence-electron chi connectivity index (χ4n) is 5.73. The van der Waals surface area contributed by atoms with E-state index in [0.29, 0.717) is 18.7 Å². The molecule has 2 aromatic rings. The van der Waals surface area contributed by atoms with Crippen molar-refractivity contribution in [3.05, 3.63) is 60.2 Å². The van der Waals surface area contributed by atoms with Crippen molar-refractivity contribution < 1.29 is 9.59 Å². The van der Waals surface area contributed by atoms with Crippen LogP contribution in [0, 0.1) is 5.92 Å². The van der Waals surface area contributed by atoms with E-state index in [1.54, 1.807) is 4.90 Å². The van der Waals surface area contributed by atoms with Crippen LogP contribution in [0.15, 0.2) is 54.6 Å². The van der Waals surface area contributed by atoms with Crippen molar-refractivity contribution in [2.24, 2.45) is 5.92 Å². The third-order valence-corrected chi connectivity index (χ3v) is 8.11. The summed E-state index contributed by atoms with van der Waals surface area (Å²) < 4.78 is 0. The first-order chi connectivity index (χ1) is 19.1. The number of anilines is 2. The second-order valence-electron chi connectivity index (χ2n) is 11.5. The fraction of sp³-hybridized carbons (Fsp3) is 0.600. The Morgan fingerprint density at radius 1 is 0.667 bits per heavy atom. The van der Waals surface area contributed by atoms with Crippen LogP contribution in [0.25, 0.3) is 0 Å². The van der Waals surface area contributed by atoms with Gasteiger partial charge in [0.1, 0.15) is 0 Å². The van der Waals surface area contributed by atoms with Gasteiger partial charge in [-0.2, -0.15) is 0 Å². The van der Waals surface area contributed by atoms with Gasteiger partial charge in [-0.1, -0.05) is 140 Å². The van der Waals surface area contributed by atoms with Crippen molar-refractivity contribution in [3.63, 3.8) is 0 Å². The van der Waals surface area contributed by atoms with Crippen LogP contribution in [0.1, 0.15) is 127 Å². The molecule has 4 nitrogen and oxygen atoms in total. The van der Waals surface area contributed by atoms with E-state index in [1.165, 1.54) is 89.9 Å². The molecule has 1 aliphatic heterocycles. The molecular formula is C35H52N2O2. The zero-order valence-electron chi connectivity index (χ0n) is 24.7. The third-order valence-electron chi connectivity index (χ3n) is 8.11. The van der Waals surface area contributed by atoms with E-state index in [1.807, 2.05) is 66.4 Å². The maximum atomic E-state index is 13.4. The molecule has 1 aliphatic rings. The average molecular weight is 533 g/mol. The van der Waals surface area contributed by atoms with E-state index < -0.39 is 0 Å². The first-order valence-electron chi connectivity index (χ1n) is 15.9. The van der Waals surface area contributed by atoms with E-state index in [4.69, 9.17) is 0 Å². The molecule has 0 saturated heterocycles. The first-order valence-corrected chi connectivity index (χ1v) is 15.9. The Kier molecular flexibility index (Phi) is 14.2. The lowest BCUT2D eigenvalue weighted by Gasteiger charge is -2.25. The molecule has 0 bridgehead atoms. The highest BCUT2D eigenvalue weighted by Crippen LogP contribution is 2.35. The van der Waals surface area contributed by atoms with Crippen LogP contribution in [-0.4, -0.2) is 24.9 Å². The highest BCUT2D eigenvalue weighted by Gasteiger charge is 2.33. The van der Waals surface area contributed by atoms with Crippen LogP contribution in [-0.2, 0) is 4.79 Å². The number of hydrogen-bond donors (Lipinski definition) is 0. The minimum atomic E-state index is -0.244. The van der Waals surface area contributed by atoms with Crippen LogP contribution < -0.4 is 9.80 Å². The summed E-state index contributed by atoms with van der Waals surface area (Å²) in [4.78, 5) is 30.5. The van der Waals surface area contributed by atoms with Gasteiger partial charge in [0.15, 0.2) is 0 Å². The Balaban J connectivity index is 1.37. The number of unbranched alkanes of at least 4 members (excludes halogenated alkanes) is 15. The summed E-state index contributed by atoms with van der Waals surface area (Å²) >= 11 is 0. The van der Waals surface area contributed by atoms with Gasteiger partial charge < -0.3 is 9.80 Å². The Hall–Kier alpha value is -2.62. The molecule has 2 aromatic carbocycles. The maximum absolute atomic E-state index is 13.4. The van der Waals surface area contributed by atoms with E-state index >= 15 is 0 Å². The van der Waals surface area contributed by atoms with Gasteiger partial charge in [0.25, 0.3) is 5.91 Å². The molecule has 2 amide bonds. The molecule has 0 aliphatic carbocycles. The standard InChI is InChI=1S/C35H52N2O2/c1-3-4-5-6-7-8-9-10-11-12-13-14-15-16-17-23-28-36-32-26-21-22-27-33(32)37(29-30(2)34(36)38)35(39)31-24-19-18-20-25-31/h18-22,24-27,30H,3-17,23,28-29H2,1-2H3. The average Bonchev–Trinajstić information content (AvgIpc) is 3.07. The predicted octanol–water partition coefficient (Wildman–Crippen LogP) is 9.58. The number of fused-ring (bicyclic) bond motifs is 1. The molecule has 0 spiro atoms. The number of hydrogen-bond acceptors (Lipinski definition) is 2. The van der Waals surface area contributed by atoms with E-state index in [2.05, 4.69) is 6.92 Å². The molecule has 214 valence electrons. The van der Waals surface area contributed by atoms with Gasteiger partial charge in [-0.25, -0.2) is 0 Å². The molecule has 0 fully saturated rings. The quantitative estimate of drug-likeness (QED) is 0.179. The summed E-state index contributed by atoms with van der Waals surface area (Å²) in [7, 11) is 0. The Bertz CT molecular complexity index is 974. The van der Waals surface area contributed by atoms with Crippen LogP contribution in [0.5, 0.6) is 0 Å². The number of rotatable bonds is 18. The molecule has 0 radical (unpaired) electrons. The smallest absolute Gasteiger partial charge is 0.258 e. The van der Waals surface area contributed by atoms with Gasteiger partial charge in [0.05, 0.1) is 17.3 Å². The van der Waals surface area contributed by atoms with Gasteiger partial charge in [-0.15, -0.1) is 0 Å². The van der Waals surface area contributed by atoms with E-state index in [9.17, 15) is 9.59 Å². The Morgan fingerprint density at radius 2 is 1.13 bits per heavy atom. The van der Waals surface area contributed by atoms with Crippen molar-refractivity contribution in [1.82, 2.24) is 0 Å². The molecule has 1 atom stereocenters. The highest BCUT2D eigenvalue weighted by molar-refractivity contribution is 6.11. The maximum Gasteiger partial charge on any atom is 0.258 e. The summed E-state index contributed by atoms with van der Waals surface area (Å²) in [6, 6.07) is 17.3. The molecular weight excluding hydrogens is 480 g/mol. The number of carbonyl (C=O) groups excluding carboxylic acids is 2. The lowest BCUT2D eigenvalue weighted by molar-refractivity contribution is -0.121. The van der Waals surface area contributed by atoms with Crippen molar-refractivity contribution in [2.45, 2.75) is 117 Å². The zero-order valence-corrected chi connectivity index (χ0v) is 24.7.